The summed E-state index contributed by atoms with van der Waals surface area (Å²) < 4.78 is 1.05. The molecule has 1 heterocycles. The van der Waals surface area contributed by atoms with E-state index in [1.165, 1.54) is 5.56 Å². The molecule has 0 amide bonds. The van der Waals surface area contributed by atoms with Gasteiger partial charge in [0.2, 0.25) is 0 Å². The lowest BCUT2D eigenvalue weighted by atomic mass is 10.1. The number of thiazole rings is 1. The monoisotopic (exact) mass is 321 g/mol. The number of nitriles is 1. The molecule has 0 bridgehead atoms. The third kappa shape index (κ3) is 3.39. The van der Waals surface area contributed by atoms with Gasteiger partial charge in [0.25, 0.3) is 0 Å². The molecule has 0 unspecified atom stereocenters. The van der Waals surface area contributed by atoms with Gasteiger partial charge in [-0.15, -0.1) is 11.3 Å². The molecule has 1 aromatic carbocycles. The number of rotatable bonds is 4. The molecule has 0 saturated carbocycles. The van der Waals surface area contributed by atoms with Gasteiger partial charge in [-0.3, -0.25) is 0 Å². The van der Waals surface area contributed by atoms with Crippen LogP contribution < -0.4 is 5.32 Å². The summed E-state index contributed by atoms with van der Waals surface area (Å²) in [5.41, 5.74) is 1.86. The molecular weight excluding hydrogens is 310 g/mol. The Morgan fingerprint density at radius 2 is 2.17 bits per heavy atom. The second-order valence-electron chi connectivity index (χ2n) is 3.89. The molecule has 0 radical (unpaired) electrons. The fourth-order valence-electron chi connectivity index (χ4n) is 1.57. The molecule has 0 aliphatic heterocycles. The van der Waals surface area contributed by atoms with Crippen LogP contribution in [-0.2, 0) is 6.54 Å². The van der Waals surface area contributed by atoms with Crippen molar-refractivity contribution >= 4 is 27.3 Å². The number of nitrogens with one attached hydrogen (secondary N) is 1. The van der Waals surface area contributed by atoms with Crippen molar-refractivity contribution in [2.75, 3.05) is 0 Å². The van der Waals surface area contributed by atoms with Crippen molar-refractivity contribution in [1.82, 2.24) is 10.3 Å². The maximum Gasteiger partial charge on any atom is 0.107 e. The molecule has 1 aromatic heterocycles. The zero-order valence-electron chi connectivity index (χ0n) is 9.85. The number of halogens is 1. The normalized spacial score (nSPS) is 12.1. The first-order valence-electron chi connectivity index (χ1n) is 5.52. The van der Waals surface area contributed by atoms with Gasteiger partial charge in [-0.25, -0.2) is 4.98 Å². The summed E-state index contributed by atoms with van der Waals surface area (Å²) >= 11 is 5.03. The number of hydrogen-bond donors (Lipinski definition) is 1. The molecule has 1 atom stereocenters. The van der Waals surface area contributed by atoms with Crippen LogP contribution >= 0.6 is 27.3 Å². The summed E-state index contributed by atoms with van der Waals surface area (Å²) in [4.78, 5) is 4.27. The Labute approximate surface area is 119 Å². The Morgan fingerprint density at radius 3 is 2.72 bits per heavy atom. The molecule has 0 spiro atoms. The minimum Gasteiger partial charge on any atom is -0.304 e. The van der Waals surface area contributed by atoms with E-state index in [0.717, 1.165) is 15.3 Å². The standard InChI is InChI=1S/C13H12BrN3S/c1-9(11-4-2-10(6-15)3-5-11)16-8-13-17-7-12(14)18-13/h2-5,7,9,16H,8H2,1H3/t9-/m1/s1. The Balaban J connectivity index is 1.95. The number of benzene rings is 1. The van der Waals surface area contributed by atoms with E-state index in [4.69, 9.17) is 5.26 Å². The van der Waals surface area contributed by atoms with Gasteiger partial charge in [-0.1, -0.05) is 12.1 Å². The molecule has 3 nitrogen and oxygen atoms in total. The molecule has 92 valence electrons. The molecule has 18 heavy (non-hydrogen) atoms. The van der Waals surface area contributed by atoms with E-state index in [1.54, 1.807) is 11.3 Å². The van der Waals surface area contributed by atoms with Crippen LogP contribution in [-0.4, -0.2) is 4.98 Å². The van der Waals surface area contributed by atoms with Crippen molar-refractivity contribution in [3.63, 3.8) is 0 Å². The van der Waals surface area contributed by atoms with Gasteiger partial charge >= 0.3 is 0 Å². The van der Waals surface area contributed by atoms with Gasteiger partial charge in [0, 0.05) is 12.6 Å². The molecular formula is C13H12BrN3S. The van der Waals surface area contributed by atoms with Gasteiger partial charge in [0.15, 0.2) is 0 Å². The maximum atomic E-state index is 8.74. The first-order chi connectivity index (χ1) is 8.69. The van der Waals surface area contributed by atoms with Crippen LogP contribution in [0.4, 0.5) is 0 Å². The molecule has 0 saturated heterocycles. The number of aromatic nitrogens is 1. The van der Waals surface area contributed by atoms with Crippen LogP contribution in [0, 0.1) is 11.3 Å². The van der Waals surface area contributed by atoms with Crippen LogP contribution in [0.15, 0.2) is 34.2 Å². The first-order valence-corrected chi connectivity index (χ1v) is 7.13. The van der Waals surface area contributed by atoms with Gasteiger partial charge in [-0.2, -0.15) is 5.26 Å². The lowest BCUT2D eigenvalue weighted by Gasteiger charge is -2.13. The van der Waals surface area contributed by atoms with E-state index in [9.17, 15) is 0 Å². The van der Waals surface area contributed by atoms with Crippen LogP contribution in [0.2, 0.25) is 0 Å². The van der Waals surface area contributed by atoms with E-state index < -0.39 is 0 Å². The van der Waals surface area contributed by atoms with Crippen molar-refractivity contribution in [2.24, 2.45) is 0 Å². The van der Waals surface area contributed by atoms with Crippen molar-refractivity contribution in [2.45, 2.75) is 19.5 Å². The highest BCUT2D eigenvalue weighted by Crippen LogP contribution is 2.20. The van der Waals surface area contributed by atoms with E-state index in [2.05, 4.69) is 39.2 Å². The van der Waals surface area contributed by atoms with Gasteiger partial charge in [-0.05, 0) is 40.5 Å². The minimum absolute atomic E-state index is 0.236. The van der Waals surface area contributed by atoms with Crippen LogP contribution in [0.25, 0.3) is 0 Å². The highest BCUT2D eigenvalue weighted by atomic mass is 79.9. The zero-order valence-corrected chi connectivity index (χ0v) is 12.3. The SMILES string of the molecule is C[C@@H](NCc1ncc(Br)s1)c1ccc(C#N)cc1. The molecule has 0 aliphatic carbocycles. The van der Waals surface area contributed by atoms with Crippen LogP contribution in [0.1, 0.15) is 29.1 Å². The Bertz CT molecular complexity index is 556. The Hall–Kier alpha value is -1.22. The fraction of sp³-hybridized carbons (Fsp3) is 0.231. The van der Waals surface area contributed by atoms with Gasteiger partial charge in [0.1, 0.15) is 5.01 Å². The molecule has 2 aromatic rings. The molecule has 2 rings (SSSR count). The van der Waals surface area contributed by atoms with Crippen molar-refractivity contribution < 1.29 is 0 Å². The van der Waals surface area contributed by atoms with E-state index in [0.29, 0.717) is 5.56 Å². The average Bonchev–Trinajstić information content (AvgIpc) is 2.82. The Kier molecular flexibility index (Phi) is 4.48. The topological polar surface area (TPSA) is 48.7 Å². The first kappa shape index (κ1) is 13.2. The summed E-state index contributed by atoms with van der Waals surface area (Å²) in [6.45, 7) is 2.85. The summed E-state index contributed by atoms with van der Waals surface area (Å²) in [5.74, 6) is 0. The van der Waals surface area contributed by atoms with E-state index >= 15 is 0 Å². The number of nitrogens with zero attached hydrogens (tertiary/aromatic N) is 2. The van der Waals surface area contributed by atoms with Gasteiger partial charge in [0.05, 0.1) is 21.6 Å². The molecule has 0 aliphatic rings. The average molecular weight is 322 g/mol. The third-order valence-electron chi connectivity index (χ3n) is 2.62. The van der Waals surface area contributed by atoms with Crippen LogP contribution in [0.5, 0.6) is 0 Å². The quantitative estimate of drug-likeness (QED) is 0.935. The second-order valence-corrected chi connectivity index (χ2v) is 6.39. The predicted octanol–water partition coefficient (Wildman–Crippen LogP) is 3.63. The smallest absolute Gasteiger partial charge is 0.107 e. The van der Waals surface area contributed by atoms with Gasteiger partial charge < -0.3 is 5.32 Å². The van der Waals surface area contributed by atoms with Crippen molar-refractivity contribution in [3.05, 3.63) is 50.4 Å². The summed E-state index contributed by atoms with van der Waals surface area (Å²) in [5, 5.41) is 13.2. The van der Waals surface area contributed by atoms with E-state index in [1.807, 2.05) is 30.5 Å². The lowest BCUT2D eigenvalue weighted by molar-refractivity contribution is 0.573. The largest absolute Gasteiger partial charge is 0.304 e. The minimum atomic E-state index is 0.236. The summed E-state index contributed by atoms with van der Waals surface area (Å²) in [6, 6.07) is 10.00. The zero-order chi connectivity index (χ0) is 13.0. The highest BCUT2D eigenvalue weighted by molar-refractivity contribution is 9.11. The maximum absolute atomic E-state index is 8.74. The highest BCUT2D eigenvalue weighted by Gasteiger charge is 2.06. The van der Waals surface area contributed by atoms with Crippen molar-refractivity contribution in [1.29, 1.82) is 5.26 Å². The summed E-state index contributed by atoms with van der Waals surface area (Å²) in [6.07, 6.45) is 1.81. The third-order valence-corrected chi connectivity index (χ3v) is 4.10. The fourth-order valence-corrected chi connectivity index (χ4v) is 2.83. The van der Waals surface area contributed by atoms with E-state index in [-0.39, 0.29) is 6.04 Å². The molecule has 0 fully saturated rings. The number of hydrogen-bond acceptors (Lipinski definition) is 4. The van der Waals surface area contributed by atoms with Crippen LogP contribution in [0.3, 0.4) is 0 Å². The molecule has 5 heteroatoms. The summed E-state index contributed by atoms with van der Waals surface area (Å²) in [7, 11) is 0. The second kappa shape index (κ2) is 6.10. The van der Waals surface area contributed by atoms with Crippen molar-refractivity contribution in [3.8, 4) is 6.07 Å². The molecule has 1 N–H and O–H groups in total. The Morgan fingerprint density at radius 1 is 1.44 bits per heavy atom. The predicted molar refractivity (Wildman–Crippen MR) is 76.2 cm³/mol. The lowest BCUT2D eigenvalue weighted by Crippen LogP contribution is -2.17.